The van der Waals surface area contributed by atoms with Gasteiger partial charge in [-0.3, -0.25) is 4.40 Å². The van der Waals surface area contributed by atoms with Crippen molar-refractivity contribution < 1.29 is 14.6 Å². The maximum absolute atomic E-state index is 9.24. The molecule has 2 aromatic heterocycles. The Morgan fingerprint density at radius 3 is 2.90 bits per heavy atom. The summed E-state index contributed by atoms with van der Waals surface area (Å²) in [6.07, 6.45) is 1.88. The molecule has 3 heterocycles. The van der Waals surface area contributed by atoms with Gasteiger partial charge in [0.05, 0.1) is 18.0 Å². The lowest BCUT2D eigenvalue weighted by Gasteiger charge is -2.18. The number of imidazole rings is 1. The molecule has 1 N–H and O–H groups in total. The number of thiazole rings is 1. The maximum atomic E-state index is 9.24. The number of ether oxygens (including phenoxy) is 2. The van der Waals surface area contributed by atoms with Crippen LogP contribution in [0.15, 0.2) is 24.4 Å². The van der Waals surface area contributed by atoms with Crippen LogP contribution in [0.25, 0.3) is 16.2 Å². The van der Waals surface area contributed by atoms with Gasteiger partial charge in [-0.15, -0.1) is 11.3 Å². The second-order valence-corrected chi connectivity index (χ2v) is 6.09. The molecular formula is C15H14N2O3S. The normalized spacial score (nSPS) is 13.8. The summed E-state index contributed by atoms with van der Waals surface area (Å²) in [4.78, 5) is 6.47. The molecule has 1 aliphatic rings. The molecule has 6 heteroatoms. The number of rotatable bonds is 2. The van der Waals surface area contributed by atoms with Crippen molar-refractivity contribution in [2.45, 2.75) is 13.5 Å². The van der Waals surface area contributed by atoms with Gasteiger partial charge < -0.3 is 14.6 Å². The van der Waals surface area contributed by atoms with Crippen LogP contribution in [0, 0.1) is 6.92 Å². The monoisotopic (exact) mass is 302 g/mol. The molecule has 0 spiro atoms. The highest BCUT2D eigenvalue weighted by Crippen LogP contribution is 2.37. The fraction of sp³-hybridized carbons (Fsp3) is 0.267. The van der Waals surface area contributed by atoms with E-state index in [0.29, 0.717) is 18.9 Å². The zero-order chi connectivity index (χ0) is 14.4. The SMILES string of the molecule is Cc1sc2nc(CO)cn2c1-c1ccc2c(c1)OCCO2. The lowest BCUT2D eigenvalue weighted by atomic mass is 10.1. The number of aryl methyl sites for hydroxylation is 1. The largest absolute Gasteiger partial charge is 0.486 e. The average molecular weight is 302 g/mol. The molecule has 0 fully saturated rings. The van der Waals surface area contributed by atoms with Crippen molar-refractivity contribution in [3.05, 3.63) is 35.0 Å². The van der Waals surface area contributed by atoms with Crippen molar-refractivity contribution in [1.29, 1.82) is 0 Å². The van der Waals surface area contributed by atoms with Gasteiger partial charge in [0.25, 0.3) is 0 Å². The van der Waals surface area contributed by atoms with E-state index in [-0.39, 0.29) is 6.61 Å². The first-order chi connectivity index (χ1) is 10.3. The number of hydrogen-bond acceptors (Lipinski definition) is 5. The third kappa shape index (κ3) is 1.99. The number of benzene rings is 1. The van der Waals surface area contributed by atoms with Crippen LogP contribution >= 0.6 is 11.3 Å². The summed E-state index contributed by atoms with van der Waals surface area (Å²) in [5, 5.41) is 9.24. The Morgan fingerprint density at radius 2 is 2.10 bits per heavy atom. The Kier molecular flexibility index (Phi) is 2.87. The molecule has 1 aliphatic heterocycles. The van der Waals surface area contributed by atoms with Gasteiger partial charge in [-0.25, -0.2) is 4.98 Å². The van der Waals surface area contributed by atoms with Crippen molar-refractivity contribution >= 4 is 16.3 Å². The van der Waals surface area contributed by atoms with E-state index >= 15 is 0 Å². The second-order valence-electron chi connectivity index (χ2n) is 4.91. The lowest BCUT2D eigenvalue weighted by Crippen LogP contribution is -2.15. The molecule has 3 aromatic rings. The van der Waals surface area contributed by atoms with Crippen molar-refractivity contribution in [2.24, 2.45) is 0 Å². The second kappa shape index (κ2) is 4.75. The molecule has 0 radical (unpaired) electrons. The van der Waals surface area contributed by atoms with Gasteiger partial charge in [0.2, 0.25) is 0 Å². The van der Waals surface area contributed by atoms with Crippen LogP contribution in [-0.2, 0) is 6.61 Å². The fourth-order valence-corrected chi connectivity index (χ4v) is 3.60. The van der Waals surface area contributed by atoms with Gasteiger partial charge >= 0.3 is 0 Å². The molecule has 0 atom stereocenters. The van der Waals surface area contributed by atoms with Crippen molar-refractivity contribution in [2.75, 3.05) is 13.2 Å². The van der Waals surface area contributed by atoms with Gasteiger partial charge in [0, 0.05) is 16.6 Å². The van der Waals surface area contributed by atoms with E-state index < -0.39 is 0 Å². The molecule has 0 amide bonds. The van der Waals surface area contributed by atoms with Crippen LogP contribution in [0.2, 0.25) is 0 Å². The van der Waals surface area contributed by atoms with Crippen molar-refractivity contribution in [1.82, 2.24) is 9.38 Å². The number of aromatic nitrogens is 2. The van der Waals surface area contributed by atoms with Crippen molar-refractivity contribution in [3.63, 3.8) is 0 Å². The topological polar surface area (TPSA) is 56.0 Å². The standard InChI is InChI=1S/C15H14N2O3S/c1-9-14(17-7-11(8-18)16-15(17)21-9)10-2-3-12-13(6-10)20-5-4-19-12/h2-3,6-7,18H,4-5,8H2,1H3. The number of nitrogens with zero attached hydrogens (tertiary/aromatic N) is 2. The van der Waals surface area contributed by atoms with Crippen molar-refractivity contribution in [3.8, 4) is 22.8 Å². The smallest absolute Gasteiger partial charge is 0.194 e. The summed E-state index contributed by atoms with van der Waals surface area (Å²) >= 11 is 1.62. The Labute approximate surface area is 125 Å². The summed E-state index contributed by atoms with van der Waals surface area (Å²) < 4.78 is 13.2. The number of hydrogen-bond donors (Lipinski definition) is 1. The fourth-order valence-electron chi connectivity index (χ4n) is 2.61. The van der Waals surface area contributed by atoms with Crippen LogP contribution in [0.1, 0.15) is 10.6 Å². The minimum absolute atomic E-state index is 0.0476. The summed E-state index contributed by atoms with van der Waals surface area (Å²) in [6.45, 7) is 3.20. The highest BCUT2D eigenvalue weighted by Gasteiger charge is 2.17. The predicted molar refractivity (Wildman–Crippen MR) is 80.2 cm³/mol. The first kappa shape index (κ1) is 12.7. The van der Waals surface area contributed by atoms with Crippen LogP contribution in [-0.4, -0.2) is 27.7 Å². The first-order valence-electron chi connectivity index (χ1n) is 6.74. The van der Waals surface area contributed by atoms with Crippen LogP contribution in [0.5, 0.6) is 11.5 Å². The third-order valence-electron chi connectivity index (χ3n) is 3.52. The van der Waals surface area contributed by atoms with Crippen LogP contribution < -0.4 is 9.47 Å². The summed E-state index contributed by atoms with van der Waals surface area (Å²) in [5.74, 6) is 1.57. The van der Waals surface area contributed by atoms with E-state index in [9.17, 15) is 5.11 Å². The number of aliphatic hydroxyl groups excluding tert-OH is 1. The maximum Gasteiger partial charge on any atom is 0.194 e. The molecular weight excluding hydrogens is 288 g/mol. The molecule has 21 heavy (non-hydrogen) atoms. The van der Waals surface area contributed by atoms with Gasteiger partial charge in [-0.2, -0.15) is 0 Å². The van der Waals surface area contributed by atoms with E-state index in [0.717, 1.165) is 27.7 Å². The Bertz CT molecular complexity index is 822. The molecule has 1 aromatic carbocycles. The molecule has 0 saturated heterocycles. The Balaban J connectivity index is 1.89. The summed E-state index contributed by atoms with van der Waals surface area (Å²) in [7, 11) is 0. The highest BCUT2D eigenvalue weighted by atomic mass is 32.1. The number of aliphatic hydroxyl groups is 1. The highest BCUT2D eigenvalue weighted by molar-refractivity contribution is 7.17. The molecule has 5 nitrogen and oxygen atoms in total. The van der Waals surface area contributed by atoms with Crippen LogP contribution in [0.3, 0.4) is 0 Å². The zero-order valence-electron chi connectivity index (χ0n) is 11.5. The van der Waals surface area contributed by atoms with Crippen LogP contribution in [0.4, 0.5) is 0 Å². The van der Waals surface area contributed by atoms with Gasteiger partial charge in [-0.1, -0.05) is 0 Å². The van der Waals surface area contributed by atoms with E-state index in [4.69, 9.17) is 9.47 Å². The molecule has 108 valence electrons. The molecule has 4 rings (SSSR count). The zero-order valence-corrected chi connectivity index (χ0v) is 12.3. The lowest BCUT2D eigenvalue weighted by molar-refractivity contribution is 0.171. The average Bonchev–Trinajstić information content (AvgIpc) is 3.02. The van der Waals surface area contributed by atoms with E-state index in [1.807, 2.05) is 28.8 Å². The van der Waals surface area contributed by atoms with Gasteiger partial charge in [0.1, 0.15) is 13.2 Å². The van der Waals surface area contributed by atoms with Gasteiger partial charge in [0.15, 0.2) is 16.5 Å². The van der Waals surface area contributed by atoms with Gasteiger partial charge in [-0.05, 0) is 25.1 Å². The number of fused-ring (bicyclic) bond motifs is 2. The first-order valence-corrected chi connectivity index (χ1v) is 7.56. The Hall–Kier alpha value is -2.05. The Morgan fingerprint density at radius 1 is 1.29 bits per heavy atom. The minimum atomic E-state index is -0.0476. The third-order valence-corrected chi connectivity index (χ3v) is 4.49. The molecule has 0 bridgehead atoms. The van der Waals surface area contributed by atoms with E-state index in [1.165, 1.54) is 4.88 Å². The molecule has 0 aliphatic carbocycles. The van der Waals surface area contributed by atoms with E-state index in [2.05, 4.69) is 11.9 Å². The summed E-state index contributed by atoms with van der Waals surface area (Å²) in [6, 6.07) is 5.97. The molecule has 0 saturated carbocycles. The minimum Gasteiger partial charge on any atom is -0.486 e. The molecule has 0 unspecified atom stereocenters. The van der Waals surface area contributed by atoms with E-state index in [1.54, 1.807) is 11.3 Å². The quantitative estimate of drug-likeness (QED) is 0.790. The predicted octanol–water partition coefficient (Wildman–Crippen LogP) is 2.63. The summed E-state index contributed by atoms with van der Waals surface area (Å²) in [5.41, 5.74) is 2.82.